The molecule has 10 rings (SSSR count). The van der Waals surface area contributed by atoms with Crippen molar-refractivity contribution >= 4 is 38.9 Å². The second-order valence-corrected chi connectivity index (χ2v) is 14.9. The molecule has 1 heterocycles. The van der Waals surface area contributed by atoms with Crippen LogP contribution in [0.4, 0.5) is 30.2 Å². The van der Waals surface area contributed by atoms with Gasteiger partial charge >= 0.3 is 6.18 Å². The number of nitrogens with zero attached hydrogens (tertiary/aromatic N) is 2. The monoisotopic (exact) mass is 782 g/mol. The van der Waals surface area contributed by atoms with Crippen molar-refractivity contribution in [1.29, 1.82) is 0 Å². The molecule has 0 bridgehead atoms. The lowest BCUT2D eigenvalue weighted by atomic mass is 9.98. The van der Waals surface area contributed by atoms with Gasteiger partial charge in [-0.1, -0.05) is 146 Å². The van der Waals surface area contributed by atoms with E-state index in [0.29, 0.717) is 0 Å². The Balaban J connectivity index is 0.989. The zero-order valence-electron chi connectivity index (χ0n) is 32.4. The van der Waals surface area contributed by atoms with Crippen molar-refractivity contribution in [1.82, 2.24) is 4.57 Å². The number of alkyl halides is 3. The number of aromatic nitrogens is 1. The largest absolute Gasteiger partial charge is 0.416 e. The lowest BCUT2D eigenvalue weighted by Gasteiger charge is -2.26. The molecule has 0 N–H and O–H groups in total. The van der Waals surface area contributed by atoms with Crippen LogP contribution < -0.4 is 4.90 Å². The Hall–Kier alpha value is -7.63. The molecular weight excluding hydrogens is 746 g/mol. The molecular formula is C55H37F3N2. The number of fused-ring (bicyclic) bond motifs is 3. The fourth-order valence-electron chi connectivity index (χ4n) is 8.24. The van der Waals surface area contributed by atoms with Crippen LogP contribution in [-0.2, 0) is 6.18 Å². The third-order valence-electron chi connectivity index (χ3n) is 11.2. The first-order valence-electron chi connectivity index (χ1n) is 19.9. The molecule has 0 spiro atoms. The maximum atomic E-state index is 13.2. The van der Waals surface area contributed by atoms with E-state index in [4.69, 9.17) is 0 Å². The standard InChI is InChI=1S/C55H37F3N2/c56-55(57,58)46-28-20-40(21-29-46)43-12-8-13-44(36-43)41-24-32-48(33-25-41)59(47-30-22-39(23-31-47)38-10-2-1-3-11-38)49-34-26-42(27-35-49)45-14-9-15-50(37-45)60-53-18-6-4-16-51(53)52-17-5-7-19-54(52)60/h1-37H. The summed E-state index contributed by atoms with van der Waals surface area (Å²) in [5.41, 5.74) is 13.9. The van der Waals surface area contributed by atoms with E-state index < -0.39 is 11.7 Å². The zero-order valence-corrected chi connectivity index (χ0v) is 32.4. The number of halogens is 3. The Bertz CT molecular complexity index is 3040. The van der Waals surface area contributed by atoms with E-state index in [1.54, 1.807) is 0 Å². The van der Waals surface area contributed by atoms with Crippen molar-refractivity contribution in [3.8, 4) is 50.2 Å². The first kappa shape index (κ1) is 36.7. The molecule has 0 unspecified atom stereocenters. The van der Waals surface area contributed by atoms with Crippen molar-refractivity contribution in [2.45, 2.75) is 6.18 Å². The number of para-hydroxylation sites is 2. The molecule has 0 saturated heterocycles. The van der Waals surface area contributed by atoms with Gasteiger partial charge in [0.15, 0.2) is 0 Å². The molecule has 0 aliphatic carbocycles. The molecule has 60 heavy (non-hydrogen) atoms. The summed E-state index contributed by atoms with van der Waals surface area (Å²) >= 11 is 0. The number of hydrogen-bond donors (Lipinski definition) is 0. The molecule has 1 aromatic heterocycles. The van der Waals surface area contributed by atoms with Crippen LogP contribution in [0.15, 0.2) is 224 Å². The minimum absolute atomic E-state index is 0.656. The molecule has 0 atom stereocenters. The van der Waals surface area contributed by atoms with Crippen molar-refractivity contribution < 1.29 is 13.2 Å². The van der Waals surface area contributed by atoms with Gasteiger partial charge in [-0.25, -0.2) is 0 Å². The zero-order chi connectivity index (χ0) is 40.6. The number of hydrogen-bond acceptors (Lipinski definition) is 1. The van der Waals surface area contributed by atoms with Crippen molar-refractivity contribution in [2.75, 3.05) is 4.90 Å². The van der Waals surface area contributed by atoms with Crippen LogP contribution >= 0.6 is 0 Å². The number of benzene rings is 9. The summed E-state index contributed by atoms with van der Waals surface area (Å²) in [7, 11) is 0. The average Bonchev–Trinajstić information content (AvgIpc) is 3.64. The Labute approximate surface area is 346 Å². The summed E-state index contributed by atoms with van der Waals surface area (Å²) in [6.07, 6.45) is -4.37. The van der Waals surface area contributed by atoms with Gasteiger partial charge in [-0.15, -0.1) is 0 Å². The lowest BCUT2D eigenvalue weighted by molar-refractivity contribution is -0.137. The summed E-state index contributed by atoms with van der Waals surface area (Å²) in [5, 5.41) is 2.47. The van der Waals surface area contributed by atoms with Crippen LogP contribution in [0, 0.1) is 0 Å². The van der Waals surface area contributed by atoms with E-state index in [1.165, 1.54) is 33.9 Å². The minimum atomic E-state index is -4.37. The molecule has 0 aliphatic rings. The summed E-state index contributed by atoms with van der Waals surface area (Å²) < 4.78 is 42.0. The Morgan fingerprint density at radius 2 is 0.683 bits per heavy atom. The highest BCUT2D eigenvalue weighted by molar-refractivity contribution is 6.09. The van der Waals surface area contributed by atoms with E-state index in [-0.39, 0.29) is 0 Å². The van der Waals surface area contributed by atoms with Crippen molar-refractivity contribution in [3.63, 3.8) is 0 Å². The third kappa shape index (κ3) is 7.01. The van der Waals surface area contributed by atoms with Gasteiger partial charge in [0.1, 0.15) is 0 Å². The van der Waals surface area contributed by atoms with E-state index >= 15 is 0 Å². The smallest absolute Gasteiger partial charge is 0.311 e. The average molecular weight is 783 g/mol. The van der Waals surface area contributed by atoms with Gasteiger partial charge in [-0.2, -0.15) is 13.2 Å². The fourth-order valence-corrected chi connectivity index (χ4v) is 8.24. The van der Waals surface area contributed by atoms with E-state index in [2.05, 4.69) is 179 Å². The SMILES string of the molecule is FC(F)(F)c1ccc(-c2cccc(-c3ccc(N(c4ccc(-c5ccccc5)cc4)c4ccc(-c5cccc(-n6c7ccccc7c7ccccc76)c5)cc4)cc3)c2)cc1. The highest BCUT2D eigenvalue weighted by atomic mass is 19.4. The fraction of sp³-hybridized carbons (Fsp3) is 0.0182. The molecule has 0 amide bonds. The molecule has 288 valence electrons. The van der Waals surface area contributed by atoms with Crippen LogP contribution in [0.25, 0.3) is 72.0 Å². The third-order valence-corrected chi connectivity index (χ3v) is 11.2. The molecule has 10 aromatic rings. The number of anilines is 3. The first-order chi connectivity index (χ1) is 29.4. The lowest BCUT2D eigenvalue weighted by Crippen LogP contribution is -2.09. The Kier molecular flexibility index (Phi) is 9.34. The van der Waals surface area contributed by atoms with Crippen LogP contribution in [0.5, 0.6) is 0 Å². The van der Waals surface area contributed by atoms with Gasteiger partial charge < -0.3 is 9.47 Å². The normalized spacial score (nSPS) is 11.6. The first-order valence-corrected chi connectivity index (χ1v) is 19.9. The van der Waals surface area contributed by atoms with Gasteiger partial charge in [-0.05, 0) is 123 Å². The van der Waals surface area contributed by atoms with Crippen molar-refractivity contribution in [3.05, 3.63) is 230 Å². The molecule has 9 aromatic carbocycles. The molecule has 0 aliphatic heterocycles. The quantitative estimate of drug-likeness (QED) is 0.149. The number of rotatable bonds is 8. The van der Waals surface area contributed by atoms with Gasteiger partial charge in [0.05, 0.1) is 16.6 Å². The Morgan fingerprint density at radius 3 is 1.17 bits per heavy atom. The topological polar surface area (TPSA) is 8.17 Å². The molecule has 0 saturated carbocycles. The van der Waals surface area contributed by atoms with Crippen LogP contribution in [0.1, 0.15) is 5.56 Å². The maximum absolute atomic E-state index is 13.2. The summed E-state index contributed by atoms with van der Waals surface area (Å²) in [6.45, 7) is 0. The highest BCUT2D eigenvalue weighted by Gasteiger charge is 2.30. The molecule has 5 heteroatoms. The molecule has 0 radical (unpaired) electrons. The van der Waals surface area contributed by atoms with Crippen LogP contribution in [0.3, 0.4) is 0 Å². The summed E-state index contributed by atoms with van der Waals surface area (Å²) in [6, 6.07) is 75.3. The van der Waals surface area contributed by atoms with Gasteiger partial charge in [0.2, 0.25) is 0 Å². The predicted molar refractivity (Wildman–Crippen MR) is 242 cm³/mol. The van der Waals surface area contributed by atoms with Crippen molar-refractivity contribution in [2.24, 2.45) is 0 Å². The second kappa shape index (κ2) is 15.3. The van der Waals surface area contributed by atoms with Crippen LogP contribution in [0.2, 0.25) is 0 Å². The van der Waals surface area contributed by atoms with Gasteiger partial charge in [0.25, 0.3) is 0 Å². The highest BCUT2D eigenvalue weighted by Crippen LogP contribution is 2.39. The van der Waals surface area contributed by atoms with E-state index in [9.17, 15) is 13.2 Å². The van der Waals surface area contributed by atoms with E-state index in [1.807, 2.05) is 30.3 Å². The van der Waals surface area contributed by atoms with E-state index in [0.717, 1.165) is 79.4 Å². The van der Waals surface area contributed by atoms with Gasteiger partial charge in [-0.3, -0.25) is 0 Å². The second-order valence-electron chi connectivity index (χ2n) is 14.9. The summed E-state index contributed by atoms with van der Waals surface area (Å²) in [5.74, 6) is 0. The molecule has 0 fully saturated rings. The summed E-state index contributed by atoms with van der Waals surface area (Å²) in [4.78, 5) is 2.26. The predicted octanol–water partition coefficient (Wildman–Crippen LogP) is 15.9. The van der Waals surface area contributed by atoms with Crippen LogP contribution in [-0.4, -0.2) is 4.57 Å². The molecule has 2 nitrogen and oxygen atoms in total. The van der Waals surface area contributed by atoms with Gasteiger partial charge in [0, 0.05) is 33.5 Å². The minimum Gasteiger partial charge on any atom is -0.311 e. The Morgan fingerprint density at radius 1 is 0.317 bits per heavy atom. The maximum Gasteiger partial charge on any atom is 0.416 e.